The molecule has 0 saturated heterocycles. The minimum atomic E-state index is -0.889. The predicted molar refractivity (Wildman–Crippen MR) is 60.8 cm³/mol. The van der Waals surface area contributed by atoms with E-state index in [1.807, 2.05) is 0 Å². The van der Waals surface area contributed by atoms with Crippen LogP contribution in [0.2, 0.25) is 0 Å². The van der Waals surface area contributed by atoms with Gasteiger partial charge in [0, 0.05) is 6.04 Å². The molecule has 2 unspecified atom stereocenters. The number of carbonyl (C=O) groups is 1. The second-order valence-electron chi connectivity index (χ2n) is 3.67. The summed E-state index contributed by atoms with van der Waals surface area (Å²) in [6.45, 7) is 0. The fourth-order valence-corrected chi connectivity index (χ4v) is 1.53. The average molecular weight is 241 g/mol. The highest BCUT2D eigenvalue weighted by Crippen LogP contribution is 2.19. The van der Waals surface area contributed by atoms with Gasteiger partial charge in [-0.15, -0.1) is 0 Å². The average Bonchev–Trinajstić information content (AvgIpc) is 2.35. The summed E-state index contributed by atoms with van der Waals surface area (Å²) >= 11 is 0. The van der Waals surface area contributed by atoms with E-state index in [1.54, 1.807) is 7.05 Å². The van der Waals surface area contributed by atoms with E-state index >= 15 is 0 Å². The van der Waals surface area contributed by atoms with Crippen molar-refractivity contribution in [2.45, 2.75) is 18.6 Å². The number of aliphatic hydroxyl groups excluding tert-OH is 1. The lowest BCUT2D eigenvalue weighted by molar-refractivity contribution is -0.142. The van der Waals surface area contributed by atoms with Gasteiger partial charge in [0.25, 0.3) is 0 Å². The lowest BCUT2D eigenvalue weighted by Crippen LogP contribution is -2.34. The van der Waals surface area contributed by atoms with E-state index in [1.165, 1.54) is 31.4 Å². The van der Waals surface area contributed by atoms with Crippen LogP contribution < -0.4 is 5.32 Å². The van der Waals surface area contributed by atoms with Crippen molar-refractivity contribution in [2.75, 3.05) is 14.2 Å². The Labute approximate surface area is 99.4 Å². The summed E-state index contributed by atoms with van der Waals surface area (Å²) in [6.07, 6.45) is -0.842. The van der Waals surface area contributed by atoms with Gasteiger partial charge in [-0.25, -0.2) is 4.39 Å². The van der Waals surface area contributed by atoms with Crippen LogP contribution >= 0.6 is 0 Å². The van der Waals surface area contributed by atoms with Crippen molar-refractivity contribution in [3.05, 3.63) is 35.6 Å². The third kappa shape index (κ3) is 3.80. The Hall–Kier alpha value is -1.46. The predicted octanol–water partition coefficient (Wildman–Crippen LogP) is 1.01. The number of carbonyl (C=O) groups excluding carboxylic acids is 1. The molecule has 0 aromatic heterocycles. The summed E-state index contributed by atoms with van der Waals surface area (Å²) in [5.74, 6) is -0.777. The molecule has 0 heterocycles. The van der Waals surface area contributed by atoms with Crippen LogP contribution in [0.5, 0.6) is 0 Å². The number of likely N-dealkylation sites (N-methyl/N-ethyl adjacent to an activating group) is 1. The molecule has 0 aliphatic rings. The lowest BCUT2D eigenvalue weighted by Gasteiger charge is -2.21. The van der Waals surface area contributed by atoms with Crippen LogP contribution in [0.3, 0.4) is 0 Å². The number of hydrogen-bond donors (Lipinski definition) is 2. The van der Waals surface area contributed by atoms with Crippen LogP contribution in [0.25, 0.3) is 0 Å². The Bertz CT molecular complexity index is 367. The molecule has 0 spiro atoms. The van der Waals surface area contributed by atoms with Crippen molar-refractivity contribution < 1.29 is 19.0 Å². The minimum Gasteiger partial charge on any atom is -0.469 e. The fourth-order valence-electron chi connectivity index (χ4n) is 1.53. The summed E-state index contributed by atoms with van der Waals surface area (Å²) in [6, 6.07) is 5.05. The Morgan fingerprint density at radius 2 is 2.06 bits per heavy atom. The van der Waals surface area contributed by atoms with E-state index in [2.05, 4.69) is 10.1 Å². The zero-order chi connectivity index (χ0) is 12.8. The van der Waals surface area contributed by atoms with Gasteiger partial charge in [0.15, 0.2) is 0 Å². The molecule has 1 rings (SSSR count). The minimum absolute atomic E-state index is 0.0472. The van der Waals surface area contributed by atoms with Crippen LogP contribution in [0.15, 0.2) is 24.3 Å². The molecule has 0 amide bonds. The molecule has 0 aliphatic heterocycles. The molecule has 5 heteroatoms. The highest BCUT2D eigenvalue weighted by molar-refractivity contribution is 5.70. The Kier molecular flexibility index (Phi) is 5.06. The third-order valence-corrected chi connectivity index (χ3v) is 2.58. The van der Waals surface area contributed by atoms with Crippen molar-refractivity contribution in [3.8, 4) is 0 Å². The first-order chi connectivity index (χ1) is 8.08. The van der Waals surface area contributed by atoms with Crippen molar-refractivity contribution in [1.29, 1.82) is 0 Å². The smallest absolute Gasteiger partial charge is 0.307 e. The van der Waals surface area contributed by atoms with E-state index in [9.17, 15) is 14.3 Å². The summed E-state index contributed by atoms with van der Waals surface area (Å²) in [5, 5.41) is 12.9. The Morgan fingerprint density at radius 3 is 2.53 bits per heavy atom. The molecule has 0 bridgehead atoms. The summed E-state index contributed by atoms with van der Waals surface area (Å²) in [4.78, 5) is 11.1. The number of nitrogens with one attached hydrogen (secondary N) is 1. The van der Waals surface area contributed by atoms with Crippen LogP contribution in [0.4, 0.5) is 4.39 Å². The fraction of sp³-hybridized carbons (Fsp3) is 0.417. The maximum absolute atomic E-state index is 12.7. The Morgan fingerprint density at radius 1 is 1.47 bits per heavy atom. The van der Waals surface area contributed by atoms with E-state index < -0.39 is 18.1 Å². The van der Waals surface area contributed by atoms with Gasteiger partial charge in [0.05, 0.1) is 19.6 Å². The van der Waals surface area contributed by atoms with Gasteiger partial charge in [-0.2, -0.15) is 0 Å². The largest absolute Gasteiger partial charge is 0.469 e. The van der Waals surface area contributed by atoms with Crippen molar-refractivity contribution in [1.82, 2.24) is 5.32 Å². The Balaban J connectivity index is 2.74. The van der Waals surface area contributed by atoms with E-state index in [0.717, 1.165) is 0 Å². The first-order valence-corrected chi connectivity index (χ1v) is 5.26. The second-order valence-corrected chi connectivity index (χ2v) is 3.67. The third-order valence-electron chi connectivity index (χ3n) is 2.58. The molecule has 0 aliphatic carbocycles. The molecular weight excluding hydrogens is 225 g/mol. The molecule has 0 radical (unpaired) electrons. The monoisotopic (exact) mass is 241 g/mol. The van der Waals surface area contributed by atoms with E-state index in [-0.39, 0.29) is 12.2 Å². The normalized spacial score (nSPS) is 14.1. The van der Waals surface area contributed by atoms with Gasteiger partial charge in [-0.1, -0.05) is 12.1 Å². The number of rotatable bonds is 5. The van der Waals surface area contributed by atoms with Gasteiger partial charge in [0.1, 0.15) is 5.82 Å². The van der Waals surface area contributed by atoms with Crippen molar-refractivity contribution >= 4 is 5.97 Å². The molecular formula is C12H16FNO3. The molecule has 1 aromatic rings. The van der Waals surface area contributed by atoms with E-state index in [0.29, 0.717) is 5.56 Å². The first-order valence-electron chi connectivity index (χ1n) is 5.26. The number of aliphatic hydroxyl groups is 1. The molecule has 2 N–H and O–H groups in total. The summed E-state index contributed by atoms with van der Waals surface area (Å²) in [5.41, 5.74) is 0.551. The zero-order valence-electron chi connectivity index (χ0n) is 9.81. The number of benzene rings is 1. The number of methoxy groups -OCH3 is 1. The van der Waals surface area contributed by atoms with E-state index in [4.69, 9.17) is 0 Å². The quantitative estimate of drug-likeness (QED) is 0.755. The number of esters is 1. The van der Waals surface area contributed by atoms with Crippen molar-refractivity contribution in [3.63, 3.8) is 0 Å². The molecule has 17 heavy (non-hydrogen) atoms. The van der Waals surface area contributed by atoms with Crippen LogP contribution in [0, 0.1) is 5.82 Å². The second kappa shape index (κ2) is 6.32. The lowest BCUT2D eigenvalue weighted by atomic mass is 10.00. The molecule has 0 saturated carbocycles. The van der Waals surface area contributed by atoms with Gasteiger partial charge in [0.2, 0.25) is 0 Å². The number of ether oxygens (including phenoxy) is 1. The maximum atomic E-state index is 12.7. The van der Waals surface area contributed by atoms with Gasteiger partial charge in [-0.05, 0) is 24.7 Å². The number of hydrogen-bond acceptors (Lipinski definition) is 4. The van der Waals surface area contributed by atoms with Crippen LogP contribution in [0.1, 0.15) is 18.1 Å². The SMILES string of the molecule is CNC(CC(=O)OC)C(O)c1ccc(F)cc1. The molecule has 94 valence electrons. The van der Waals surface area contributed by atoms with Gasteiger partial charge >= 0.3 is 5.97 Å². The van der Waals surface area contributed by atoms with Crippen molar-refractivity contribution in [2.24, 2.45) is 0 Å². The molecule has 1 aromatic carbocycles. The highest BCUT2D eigenvalue weighted by Gasteiger charge is 2.22. The topological polar surface area (TPSA) is 58.6 Å². The van der Waals surface area contributed by atoms with Gasteiger partial charge in [-0.3, -0.25) is 4.79 Å². The first kappa shape index (κ1) is 13.6. The van der Waals surface area contributed by atoms with Crippen LogP contribution in [-0.2, 0) is 9.53 Å². The summed E-state index contributed by atoms with van der Waals surface area (Å²) in [7, 11) is 2.93. The summed E-state index contributed by atoms with van der Waals surface area (Å²) < 4.78 is 17.3. The van der Waals surface area contributed by atoms with Gasteiger partial charge < -0.3 is 15.2 Å². The zero-order valence-corrected chi connectivity index (χ0v) is 9.81. The number of halogens is 1. The molecule has 4 nitrogen and oxygen atoms in total. The standard InChI is InChI=1S/C12H16FNO3/c1-14-10(7-11(15)17-2)12(16)8-3-5-9(13)6-4-8/h3-6,10,12,14,16H,7H2,1-2H3. The molecule has 2 atom stereocenters. The molecule has 0 fully saturated rings. The highest BCUT2D eigenvalue weighted by atomic mass is 19.1. The van der Waals surface area contributed by atoms with Crippen LogP contribution in [-0.4, -0.2) is 31.3 Å². The maximum Gasteiger partial charge on any atom is 0.307 e.